The summed E-state index contributed by atoms with van der Waals surface area (Å²) in [5.74, 6) is 1.69. The molecule has 152 valence electrons. The number of aryl methyl sites for hydroxylation is 1. The molecule has 0 N–H and O–H groups in total. The fraction of sp³-hybridized carbons (Fsp3) is 0.895. The summed E-state index contributed by atoms with van der Waals surface area (Å²) in [4.78, 5) is 19.1. The second kappa shape index (κ2) is 8.65. The first-order chi connectivity index (χ1) is 12.9. The molecule has 2 fully saturated rings. The van der Waals surface area contributed by atoms with E-state index in [1.807, 2.05) is 9.58 Å². The number of carbonyl (C=O) groups excluding carboxylic acids is 1. The molecule has 2 saturated heterocycles. The number of amides is 1. The van der Waals surface area contributed by atoms with Crippen LogP contribution in [0.1, 0.15) is 52.3 Å². The van der Waals surface area contributed by atoms with Crippen molar-refractivity contribution in [3.8, 4) is 0 Å². The summed E-state index contributed by atoms with van der Waals surface area (Å²) < 4.78 is 2.00. The van der Waals surface area contributed by atoms with E-state index in [1.165, 1.54) is 0 Å². The summed E-state index contributed by atoms with van der Waals surface area (Å²) in [6.45, 7) is 12.6. The number of aromatic nitrogens is 4. The van der Waals surface area contributed by atoms with Crippen LogP contribution in [0.25, 0.3) is 0 Å². The van der Waals surface area contributed by atoms with Crippen LogP contribution in [0.2, 0.25) is 0 Å². The Morgan fingerprint density at radius 1 is 1.15 bits per heavy atom. The lowest BCUT2D eigenvalue weighted by Gasteiger charge is -2.48. The fourth-order valence-corrected chi connectivity index (χ4v) is 4.43. The smallest absolute Gasteiger partial charge is 0.219 e. The fourth-order valence-electron chi connectivity index (χ4n) is 4.43. The van der Waals surface area contributed by atoms with Gasteiger partial charge in [-0.3, -0.25) is 9.69 Å². The molecule has 8 nitrogen and oxygen atoms in total. The molecule has 1 aromatic rings. The van der Waals surface area contributed by atoms with Crippen molar-refractivity contribution in [3.05, 3.63) is 5.82 Å². The number of tetrazole rings is 1. The van der Waals surface area contributed by atoms with Crippen LogP contribution in [0.3, 0.4) is 0 Å². The summed E-state index contributed by atoms with van der Waals surface area (Å²) in [6.07, 6.45) is 4.17. The molecule has 3 rings (SSSR count). The van der Waals surface area contributed by atoms with Crippen LogP contribution in [0.15, 0.2) is 0 Å². The second-order valence-corrected chi connectivity index (χ2v) is 8.63. The minimum atomic E-state index is -0.282. The molecule has 1 aromatic heterocycles. The summed E-state index contributed by atoms with van der Waals surface area (Å²) >= 11 is 0. The van der Waals surface area contributed by atoms with Crippen LogP contribution in [-0.2, 0) is 16.9 Å². The summed E-state index contributed by atoms with van der Waals surface area (Å²) in [6, 6.07) is 0. The highest BCUT2D eigenvalue weighted by atomic mass is 16.2. The molecule has 8 heteroatoms. The lowest BCUT2D eigenvalue weighted by Crippen LogP contribution is -2.59. The van der Waals surface area contributed by atoms with Crippen molar-refractivity contribution in [2.45, 2.75) is 58.5 Å². The van der Waals surface area contributed by atoms with Gasteiger partial charge in [0.15, 0.2) is 5.82 Å². The normalized spacial score (nSPS) is 25.7. The van der Waals surface area contributed by atoms with Crippen LogP contribution < -0.4 is 0 Å². The van der Waals surface area contributed by atoms with E-state index >= 15 is 0 Å². The second-order valence-electron chi connectivity index (χ2n) is 8.63. The van der Waals surface area contributed by atoms with Gasteiger partial charge in [0, 0.05) is 46.2 Å². The SMILES string of the molecule is CC(=O)N1CCCC(c2nnnn2CCC(C)C)(N2CCCN(C)CC2)C1. The average Bonchev–Trinajstić information content (AvgIpc) is 3.01. The Bertz CT molecular complexity index is 631. The quantitative estimate of drug-likeness (QED) is 0.768. The molecule has 1 amide bonds. The van der Waals surface area contributed by atoms with E-state index in [9.17, 15) is 4.79 Å². The molecule has 2 aliphatic heterocycles. The number of hydrogen-bond donors (Lipinski definition) is 0. The molecule has 0 radical (unpaired) electrons. The van der Waals surface area contributed by atoms with Gasteiger partial charge in [-0.2, -0.15) is 0 Å². The average molecular weight is 378 g/mol. The number of piperidine rings is 1. The first-order valence-electron chi connectivity index (χ1n) is 10.4. The molecule has 0 saturated carbocycles. The van der Waals surface area contributed by atoms with Gasteiger partial charge in [-0.05, 0) is 55.6 Å². The van der Waals surface area contributed by atoms with Crippen LogP contribution >= 0.6 is 0 Å². The number of likely N-dealkylation sites (N-methyl/N-ethyl adjacent to an activating group) is 1. The van der Waals surface area contributed by atoms with E-state index in [0.29, 0.717) is 12.5 Å². The first kappa shape index (κ1) is 20.2. The predicted octanol–water partition coefficient (Wildman–Crippen LogP) is 1.19. The predicted molar refractivity (Wildman–Crippen MR) is 104 cm³/mol. The third-order valence-electron chi connectivity index (χ3n) is 6.11. The van der Waals surface area contributed by atoms with Crippen LogP contribution in [0.5, 0.6) is 0 Å². The molecule has 27 heavy (non-hydrogen) atoms. The molecule has 0 spiro atoms. The van der Waals surface area contributed by atoms with E-state index in [1.54, 1.807) is 6.92 Å². The van der Waals surface area contributed by atoms with Crippen LogP contribution in [-0.4, -0.2) is 87.1 Å². The highest BCUT2D eigenvalue weighted by Crippen LogP contribution is 2.37. The van der Waals surface area contributed by atoms with Crippen molar-refractivity contribution in [1.82, 2.24) is 34.9 Å². The third-order valence-corrected chi connectivity index (χ3v) is 6.11. The highest BCUT2D eigenvalue weighted by molar-refractivity contribution is 5.73. The van der Waals surface area contributed by atoms with Crippen molar-refractivity contribution < 1.29 is 4.79 Å². The Morgan fingerprint density at radius 2 is 1.96 bits per heavy atom. The maximum atomic E-state index is 12.2. The van der Waals surface area contributed by atoms with E-state index in [4.69, 9.17) is 0 Å². The van der Waals surface area contributed by atoms with Crippen molar-refractivity contribution in [3.63, 3.8) is 0 Å². The molecular weight excluding hydrogens is 342 g/mol. The molecule has 0 aliphatic carbocycles. The topological polar surface area (TPSA) is 70.4 Å². The monoisotopic (exact) mass is 377 g/mol. The van der Waals surface area contributed by atoms with Gasteiger partial charge in [0.05, 0.1) is 0 Å². The van der Waals surface area contributed by atoms with Gasteiger partial charge in [0.2, 0.25) is 5.91 Å². The van der Waals surface area contributed by atoms with Gasteiger partial charge in [0.1, 0.15) is 5.54 Å². The highest BCUT2D eigenvalue weighted by Gasteiger charge is 2.47. The largest absolute Gasteiger partial charge is 0.341 e. The van der Waals surface area contributed by atoms with E-state index in [0.717, 1.165) is 70.8 Å². The Hall–Kier alpha value is -1.54. The molecule has 2 aliphatic rings. The molecule has 1 atom stereocenters. The van der Waals surface area contributed by atoms with Gasteiger partial charge in [0.25, 0.3) is 0 Å². The van der Waals surface area contributed by atoms with Crippen molar-refractivity contribution in [2.24, 2.45) is 5.92 Å². The molecule has 1 unspecified atom stereocenters. The van der Waals surface area contributed by atoms with E-state index < -0.39 is 0 Å². The molecule has 0 bridgehead atoms. The van der Waals surface area contributed by atoms with Crippen molar-refractivity contribution in [1.29, 1.82) is 0 Å². The minimum absolute atomic E-state index is 0.146. The number of carbonyl (C=O) groups is 1. The lowest BCUT2D eigenvalue weighted by molar-refractivity contribution is -0.134. The molecule has 3 heterocycles. The Labute approximate surface area is 162 Å². The van der Waals surface area contributed by atoms with Gasteiger partial charge in [-0.15, -0.1) is 5.10 Å². The Balaban J connectivity index is 1.95. The maximum Gasteiger partial charge on any atom is 0.219 e. The number of nitrogens with zero attached hydrogens (tertiary/aromatic N) is 7. The number of likely N-dealkylation sites (tertiary alicyclic amines) is 1. The van der Waals surface area contributed by atoms with Crippen molar-refractivity contribution >= 4 is 5.91 Å². The van der Waals surface area contributed by atoms with Gasteiger partial charge < -0.3 is 9.80 Å². The lowest BCUT2D eigenvalue weighted by atomic mass is 9.85. The number of rotatable bonds is 5. The number of hydrogen-bond acceptors (Lipinski definition) is 6. The summed E-state index contributed by atoms with van der Waals surface area (Å²) in [5.41, 5.74) is -0.282. The van der Waals surface area contributed by atoms with Gasteiger partial charge >= 0.3 is 0 Å². The maximum absolute atomic E-state index is 12.2. The first-order valence-corrected chi connectivity index (χ1v) is 10.4. The van der Waals surface area contributed by atoms with Crippen LogP contribution in [0.4, 0.5) is 0 Å². The summed E-state index contributed by atoms with van der Waals surface area (Å²) in [5, 5.41) is 12.9. The Morgan fingerprint density at radius 3 is 2.70 bits per heavy atom. The van der Waals surface area contributed by atoms with Crippen molar-refractivity contribution in [2.75, 3.05) is 46.3 Å². The van der Waals surface area contributed by atoms with E-state index in [-0.39, 0.29) is 11.4 Å². The van der Waals surface area contributed by atoms with Gasteiger partial charge in [-0.1, -0.05) is 13.8 Å². The molecular formula is C19H35N7O. The Kier molecular flexibility index (Phi) is 6.47. The van der Waals surface area contributed by atoms with E-state index in [2.05, 4.69) is 46.2 Å². The third kappa shape index (κ3) is 4.48. The molecule has 0 aromatic carbocycles. The zero-order chi connectivity index (χ0) is 19.4. The zero-order valence-corrected chi connectivity index (χ0v) is 17.4. The minimum Gasteiger partial charge on any atom is -0.341 e. The van der Waals surface area contributed by atoms with Gasteiger partial charge in [-0.25, -0.2) is 4.68 Å². The summed E-state index contributed by atoms with van der Waals surface area (Å²) in [7, 11) is 2.19. The zero-order valence-electron chi connectivity index (χ0n) is 17.4. The van der Waals surface area contributed by atoms with Crippen LogP contribution in [0, 0.1) is 5.92 Å². The standard InChI is InChI=1S/C19H35N7O/c1-16(2)7-12-26-18(20-21-22-26)19(8-5-10-24(15-19)17(3)27)25-11-6-9-23(4)13-14-25/h16H,5-15H2,1-4H3.